The van der Waals surface area contributed by atoms with Gasteiger partial charge in [0.05, 0.1) is 16.7 Å². The number of anilines is 3. The van der Waals surface area contributed by atoms with Crippen LogP contribution in [0.1, 0.15) is 42.6 Å². The van der Waals surface area contributed by atoms with E-state index >= 15 is 0 Å². The second-order valence-electron chi connectivity index (χ2n) is 10.3. The molecule has 2 amide bonds. The second kappa shape index (κ2) is 11.3. The number of aromatic nitrogens is 2. The summed E-state index contributed by atoms with van der Waals surface area (Å²) in [6.07, 6.45) is -1.94. The lowest BCUT2D eigenvalue weighted by Crippen LogP contribution is -2.27. The number of halogens is 4. The first-order valence-corrected chi connectivity index (χ1v) is 12.9. The van der Waals surface area contributed by atoms with Gasteiger partial charge < -0.3 is 26.0 Å². The van der Waals surface area contributed by atoms with Crippen LogP contribution in [0.4, 0.5) is 30.5 Å². The molecule has 1 aliphatic carbocycles. The number of benzene rings is 2. The highest BCUT2D eigenvalue weighted by atomic mass is 35.5. The molecule has 0 aliphatic heterocycles. The van der Waals surface area contributed by atoms with Gasteiger partial charge in [-0.25, -0.2) is 4.98 Å². The van der Waals surface area contributed by atoms with E-state index < -0.39 is 34.6 Å². The zero-order chi connectivity index (χ0) is 29.2. The lowest BCUT2D eigenvalue weighted by atomic mass is 9.95. The molecular weight excluding hydrogens is 547 g/mol. The topological polar surface area (TPSA) is 119 Å². The number of H-pyrrole nitrogens is 1. The molecular formula is C28H29ClF3N5O3. The van der Waals surface area contributed by atoms with E-state index in [4.69, 9.17) is 11.6 Å². The molecule has 0 saturated heterocycles. The Morgan fingerprint density at radius 1 is 1.10 bits per heavy atom. The molecule has 1 heterocycles. The van der Waals surface area contributed by atoms with E-state index in [0.29, 0.717) is 40.7 Å². The van der Waals surface area contributed by atoms with Crippen molar-refractivity contribution < 1.29 is 27.9 Å². The maximum absolute atomic E-state index is 13.5. The lowest BCUT2D eigenvalue weighted by Gasteiger charge is -2.21. The van der Waals surface area contributed by atoms with E-state index in [-0.39, 0.29) is 29.8 Å². The van der Waals surface area contributed by atoms with Crippen molar-refractivity contribution in [1.82, 2.24) is 9.97 Å². The van der Waals surface area contributed by atoms with E-state index in [1.165, 1.54) is 18.2 Å². The van der Waals surface area contributed by atoms with E-state index in [1.54, 1.807) is 25.1 Å². The number of aliphatic hydroxyl groups is 1. The molecule has 0 atom stereocenters. The molecule has 4 rings (SSSR count). The van der Waals surface area contributed by atoms with Crippen molar-refractivity contribution in [1.29, 1.82) is 0 Å². The molecule has 5 N–H and O–H groups in total. The van der Waals surface area contributed by atoms with Crippen molar-refractivity contribution in [2.24, 2.45) is 5.41 Å². The Hall–Kier alpha value is -3.83. The smallest absolute Gasteiger partial charge is 0.396 e. The van der Waals surface area contributed by atoms with E-state index in [2.05, 4.69) is 25.9 Å². The van der Waals surface area contributed by atoms with Gasteiger partial charge in [0.1, 0.15) is 5.52 Å². The van der Waals surface area contributed by atoms with Gasteiger partial charge in [0.25, 0.3) is 11.8 Å². The molecule has 0 fully saturated rings. The van der Waals surface area contributed by atoms with Crippen molar-refractivity contribution >= 4 is 51.8 Å². The number of hydrogen-bond acceptors (Lipinski definition) is 5. The molecule has 3 aromatic rings. The fourth-order valence-corrected chi connectivity index (χ4v) is 4.29. The number of nitrogens with one attached hydrogen (secondary N) is 4. The predicted octanol–water partition coefficient (Wildman–Crippen LogP) is 6.35. The Morgan fingerprint density at radius 2 is 1.82 bits per heavy atom. The Morgan fingerprint density at radius 3 is 2.52 bits per heavy atom. The summed E-state index contributed by atoms with van der Waals surface area (Å²) in [7, 11) is 0. The number of aromatic amines is 1. The minimum atomic E-state index is -4.68. The summed E-state index contributed by atoms with van der Waals surface area (Å²) >= 11 is 6.19. The second-order valence-corrected chi connectivity index (χ2v) is 10.7. The van der Waals surface area contributed by atoms with Gasteiger partial charge in [-0.2, -0.15) is 13.2 Å². The highest BCUT2D eigenvalue weighted by Gasteiger charge is 2.38. The Balaban J connectivity index is 1.71. The zero-order valence-corrected chi connectivity index (χ0v) is 22.8. The molecule has 1 aromatic heterocycles. The number of hydrogen-bond donors (Lipinski definition) is 5. The SMILES string of the molecule is Cc1c(Cl)cccc1NC(=O)c1cc(NC(=O)C2=CCCC=C2C(F)(F)F)cc2[nH]c(NCC(C)(C)CO)nc12. The predicted molar refractivity (Wildman–Crippen MR) is 150 cm³/mol. The van der Waals surface area contributed by atoms with Gasteiger partial charge in [-0.05, 0) is 49.6 Å². The van der Waals surface area contributed by atoms with Gasteiger partial charge in [0.15, 0.2) is 0 Å². The van der Waals surface area contributed by atoms with Crippen molar-refractivity contribution in [3.63, 3.8) is 0 Å². The Labute approximate surface area is 233 Å². The van der Waals surface area contributed by atoms with Crippen LogP contribution in [0.15, 0.2) is 53.6 Å². The van der Waals surface area contributed by atoms with Crippen LogP contribution in [0, 0.1) is 12.3 Å². The third kappa shape index (κ3) is 6.48. The zero-order valence-electron chi connectivity index (χ0n) is 22.1. The summed E-state index contributed by atoms with van der Waals surface area (Å²) in [5.41, 5.74) is -0.0165. The number of amides is 2. The monoisotopic (exact) mass is 575 g/mol. The van der Waals surface area contributed by atoms with E-state index in [0.717, 1.165) is 6.08 Å². The van der Waals surface area contributed by atoms with Gasteiger partial charge in [-0.1, -0.05) is 43.7 Å². The van der Waals surface area contributed by atoms with Crippen molar-refractivity contribution in [3.8, 4) is 0 Å². The Kier molecular flexibility index (Phi) is 8.27. The molecule has 0 bridgehead atoms. The van der Waals surface area contributed by atoms with Crippen LogP contribution in [0.25, 0.3) is 11.0 Å². The molecule has 0 spiro atoms. The number of carbonyl (C=O) groups excluding carboxylic acids is 2. The van der Waals surface area contributed by atoms with Crippen LogP contribution in [-0.4, -0.2) is 46.2 Å². The van der Waals surface area contributed by atoms with E-state index in [9.17, 15) is 27.9 Å². The summed E-state index contributed by atoms with van der Waals surface area (Å²) in [4.78, 5) is 33.9. The fourth-order valence-electron chi connectivity index (χ4n) is 4.12. The van der Waals surface area contributed by atoms with Crippen LogP contribution in [0.5, 0.6) is 0 Å². The van der Waals surface area contributed by atoms with Crippen molar-refractivity contribution in [2.45, 2.75) is 39.8 Å². The summed E-state index contributed by atoms with van der Waals surface area (Å²) in [6, 6.07) is 7.89. The number of imidazole rings is 1. The number of allylic oxidation sites excluding steroid dienone is 2. The molecule has 0 saturated carbocycles. The van der Waals surface area contributed by atoms with Gasteiger partial charge >= 0.3 is 6.18 Å². The average molecular weight is 576 g/mol. The number of rotatable bonds is 8. The average Bonchev–Trinajstić information content (AvgIpc) is 3.32. The van der Waals surface area contributed by atoms with E-state index in [1.807, 2.05) is 13.8 Å². The van der Waals surface area contributed by atoms with Crippen LogP contribution in [-0.2, 0) is 4.79 Å². The quantitative estimate of drug-likeness (QED) is 0.214. The lowest BCUT2D eigenvalue weighted by molar-refractivity contribution is -0.115. The van der Waals surface area contributed by atoms with Crippen LogP contribution in [0.2, 0.25) is 5.02 Å². The number of carbonyl (C=O) groups is 2. The summed E-state index contributed by atoms with van der Waals surface area (Å²) in [5, 5.41) is 18.4. The number of alkyl halides is 3. The van der Waals surface area contributed by atoms with Gasteiger partial charge in [-0.3, -0.25) is 9.59 Å². The number of aliphatic hydroxyl groups excluding tert-OH is 1. The highest BCUT2D eigenvalue weighted by molar-refractivity contribution is 6.31. The van der Waals surface area contributed by atoms with Crippen LogP contribution < -0.4 is 16.0 Å². The normalized spacial score (nSPS) is 14.0. The first-order chi connectivity index (χ1) is 18.8. The third-order valence-electron chi connectivity index (χ3n) is 6.47. The molecule has 1 aliphatic rings. The van der Waals surface area contributed by atoms with Crippen LogP contribution >= 0.6 is 11.6 Å². The summed E-state index contributed by atoms with van der Waals surface area (Å²) < 4.78 is 40.6. The summed E-state index contributed by atoms with van der Waals surface area (Å²) in [5.74, 6) is -1.19. The number of fused-ring (bicyclic) bond motifs is 1. The standard InChI is InChI=1S/C28H29ClF3N5O3/c1-15-20(29)9-6-10-21(15)35-25(40)18-11-16(34-24(39)17-7-4-5-8-19(17)28(30,31)32)12-22-23(18)37-26(36-22)33-13-27(2,3)14-38/h6-12,38H,4-5,13-14H2,1-3H3,(H,34,39)(H,35,40)(H2,33,36,37). The maximum atomic E-state index is 13.5. The first kappa shape index (κ1) is 29.2. The van der Waals surface area contributed by atoms with Crippen molar-refractivity contribution in [2.75, 3.05) is 29.1 Å². The van der Waals surface area contributed by atoms with Gasteiger partial charge in [-0.15, -0.1) is 0 Å². The highest BCUT2D eigenvalue weighted by Crippen LogP contribution is 2.35. The van der Waals surface area contributed by atoms with Gasteiger partial charge in [0, 0.05) is 40.5 Å². The fraction of sp³-hybridized carbons (Fsp3) is 0.321. The molecule has 0 unspecified atom stereocenters. The molecule has 212 valence electrons. The maximum Gasteiger partial charge on any atom is 0.416 e. The number of nitrogens with zero attached hydrogens (tertiary/aromatic N) is 1. The Bertz CT molecular complexity index is 1530. The van der Waals surface area contributed by atoms with Gasteiger partial charge in [0.2, 0.25) is 5.95 Å². The van der Waals surface area contributed by atoms with Crippen LogP contribution in [0.3, 0.4) is 0 Å². The minimum Gasteiger partial charge on any atom is -0.396 e. The van der Waals surface area contributed by atoms with Crippen molar-refractivity contribution in [3.05, 3.63) is 69.8 Å². The largest absolute Gasteiger partial charge is 0.416 e. The first-order valence-electron chi connectivity index (χ1n) is 12.5. The minimum absolute atomic E-state index is 0.0714. The molecule has 12 heteroatoms. The third-order valence-corrected chi connectivity index (χ3v) is 6.88. The summed E-state index contributed by atoms with van der Waals surface area (Å²) in [6.45, 7) is 5.73. The molecule has 2 aromatic carbocycles. The molecule has 40 heavy (non-hydrogen) atoms. The molecule has 0 radical (unpaired) electrons. The molecule has 8 nitrogen and oxygen atoms in total.